The molecule has 0 unspecified atom stereocenters. The molecule has 7 nitrogen and oxygen atoms in total. The normalized spacial score (nSPS) is 11.9. The number of nitro benzene ring substituents is 1. The Bertz CT molecular complexity index is 950. The highest BCUT2D eigenvalue weighted by atomic mass is 32.2. The van der Waals surface area contributed by atoms with Gasteiger partial charge in [-0.2, -0.15) is 13.5 Å². The molecule has 0 atom stereocenters. The van der Waals surface area contributed by atoms with Gasteiger partial charge in [0.1, 0.15) is 0 Å². The minimum absolute atomic E-state index is 0.0388. The molecule has 2 rings (SSSR count). The zero-order valence-electron chi connectivity index (χ0n) is 13.7. The van der Waals surface area contributed by atoms with E-state index in [4.69, 9.17) is 0 Å². The van der Waals surface area contributed by atoms with Crippen LogP contribution in [0.15, 0.2) is 58.5 Å². The highest BCUT2D eigenvalue weighted by Crippen LogP contribution is 2.19. The summed E-state index contributed by atoms with van der Waals surface area (Å²) in [7, 11) is -3.77. The predicted octanol–water partition coefficient (Wildman–Crippen LogP) is 3.19. The van der Waals surface area contributed by atoms with Crippen molar-refractivity contribution in [3.05, 3.63) is 75.3 Å². The lowest BCUT2D eigenvalue weighted by Gasteiger charge is -2.07. The second-order valence-electron chi connectivity index (χ2n) is 5.32. The fraction of sp³-hybridized carbons (Fsp3) is 0.118. The van der Waals surface area contributed by atoms with Crippen LogP contribution in [0.25, 0.3) is 6.08 Å². The molecule has 8 heteroatoms. The Balaban J connectivity index is 2.11. The molecule has 0 fully saturated rings. The van der Waals surface area contributed by atoms with Crippen LogP contribution in [-0.2, 0) is 10.0 Å². The standard InChI is InChI=1S/C17H17N3O4S/c1-13-9-10-14(2)17(12-13)25(23,24)19-18-11-5-7-15-6-3-4-8-16(15)20(21)22/h3-12,19H,1-2H3. The summed E-state index contributed by atoms with van der Waals surface area (Å²) in [6.45, 7) is 3.50. The fourth-order valence-electron chi connectivity index (χ4n) is 2.13. The first-order valence-electron chi connectivity index (χ1n) is 7.33. The van der Waals surface area contributed by atoms with E-state index in [0.29, 0.717) is 11.1 Å². The van der Waals surface area contributed by atoms with Crippen LogP contribution in [-0.4, -0.2) is 19.6 Å². The first-order chi connectivity index (χ1) is 11.8. The molecule has 1 N–H and O–H groups in total. The lowest BCUT2D eigenvalue weighted by atomic mass is 10.2. The molecule has 0 aromatic heterocycles. The van der Waals surface area contributed by atoms with Gasteiger partial charge in [-0.3, -0.25) is 10.1 Å². The van der Waals surface area contributed by atoms with E-state index in [1.807, 2.05) is 6.07 Å². The number of hydrazone groups is 1. The van der Waals surface area contributed by atoms with E-state index in [9.17, 15) is 18.5 Å². The van der Waals surface area contributed by atoms with Crippen LogP contribution in [0.3, 0.4) is 0 Å². The van der Waals surface area contributed by atoms with Crippen molar-refractivity contribution in [1.82, 2.24) is 4.83 Å². The van der Waals surface area contributed by atoms with Crippen LogP contribution in [0.1, 0.15) is 16.7 Å². The number of aryl methyl sites for hydroxylation is 2. The van der Waals surface area contributed by atoms with E-state index in [0.717, 1.165) is 5.56 Å². The van der Waals surface area contributed by atoms with E-state index in [1.165, 1.54) is 24.4 Å². The Morgan fingerprint density at radius 2 is 1.88 bits per heavy atom. The van der Waals surface area contributed by atoms with Gasteiger partial charge in [0, 0.05) is 12.3 Å². The maximum atomic E-state index is 12.2. The molecule has 0 bridgehead atoms. The molecule has 0 aliphatic rings. The van der Waals surface area contributed by atoms with Crippen molar-refractivity contribution in [3.63, 3.8) is 0 Å². The first-order valence-corrected chi connectivity index (χ1v) is 8.82. The molecule has 0 saturated heterocycles. The van der Waals surface area contributed by atoms with Crippen molar-refractivity contribution in [1.29, 1.82) is 0 Å². The van der Waals surface area contributed by atoms with Crippen LogP contribution in [0, 0.1) is 24.0 Å². The number of benzene rings is 2. The molecule has 0 radical (unpaired) electrons. The summed E-state index contributed by atoms with van der Waals surface area (Å²) in [4.78, 5) is 12.7. The van der Waals surface area contributed by atoms with Crippen molar-refractivity contribution in [2.24, 2.45) is 5.10 Å². The third kappa shape index (κ3) is 4.74. The summed E-state index contributed by atoms with van der Waals surface area (Å²) in [6, 6.07) is 11.3. The largest absolute Gasteiger partial charge is 0.276 e. The molecule has 0 aliphatic carbocycles. The number of nitrogens with zero attached hydrogens (tertiary/aromatic N) is 2. The summed E-state index contributed by atoms with van der Waals surface area (Å²) >= 11 is 0. The topological polar surface area (TPSA) is 102 Å². The number of hydrogen-bond donors (Lipinski definition) is 1. The first kappa shape index (κ1) is 18.3. The quantitative estimate of drug-likeness (QED) is 0.486. The fourth-order valence-corrected chi connectivity index (χ4v) is 3.26. The van der Waals surface area contributed by atoms with E-state index in [-0.39, 0.29) is 10.6 Å². The zero-order chi connectivity index (χ0) is 18.4. The Labute approximate surface area is 145 Å². The molecule has 0 saturated carbocycles. The monoisotopic (exact) mass is 359 g/mol. The van der Waals surface area contributed by atoms with Gasteiger partial charge in [0.2, 0.25) is 0 Å². The van der Waals surface area contributed by atoms with Crippen LogP contribution in [0.2, 0.25) is 0 Å². The van der Waals surface area contributed by atoms with Gasteiger partial charge in [0.15, 0.2) is 0 Å². The maximum Gasteiger partial charge on any atom is 0.276 e. The number of para-hydroxylation sites is 1. The van der Waals surface area contributed by atoms with Gasteiger partial charge in [0.05, 0.1) is 15.4 Å². The summed E-state index contributed by atoms with van der Waals surface area (Å²) in [5, 5.41) is 14.6. The molecule has 0 amide bonds. The Morgan fingerprint density at radius 3 is 2.60 bits per heavy atom. The van der Waals surface area contributed by atoms with E-state index in [1.54, 1.807) is 44.2 Å². The minimum atomic E-state index is -3.77. The van der Waals surface area contributed by atoms with Crippen LogP contribution in [0.5, 0.6) is 0 Å². The van der Waals surface area contributed by atoms with Crippen LogP contribution in [0.4, 0.5) is 5.69 Å². The van der Waals surface area contributed by atoms with Gasteiger partial charge in [-0.25, -0.2) is 4.83 Å². The number of nitrogens with one attached hydrogen (secondary N) is 1. The highest BCUT2D eigenvalue weighted by molar-refractivity contribution is 7.89. The third-order valence-corrected chi connectivity index (χ3v) is 4.74. The molecule has 130 valence electrons. The molecule has 25 heavy (non-hydrogen) atoms. The van der Waals surface area contributed by atoms with Gasteiger partial charge in [-0.05, 0) is 49.3 Å². The SMILES string of the molecule is Cc1ccc(C)c(S(=O)(=O)NN=CC=Cc2ccccc2[N+](=O)[O-])c1. The van der Waals surface area contributed by atoms with Gasteiger partial charge in [-0.1, -0.05) is 24.3 Å². The Kier molecular flexibility index (Phi) is 5.66. The van der Waals surface area contributed by atoms with Crippen molar-refractivity contribution in [3.8, 4) is 0 Å². The van der Waals surface area contributed by atoms with E-state index < -0.39 is 14.9 Å². The number of rotatable bonds is 6. The molecule has 2 aromatic carbocycles. The molecule has 2 aromatic rings. The maximum absolute atomic E-state index is 12.2. The molecular weight excluding hydrogens is 342 g/mol. The number of hydrogen-bond acceptors (Lipinski definition) is 5. The Hall–Kier alpha value is -3.00. The van der Waals surface area contributed by atoms with Crippen LogP contribution >= 0.6 is 0 Å². The Morgan fingerprint density at radius 1 is 1.16 bits per heavy atom. The lowest BCUT2D eigenvalue weighted by molar-refractivity contribution is -0.385. The summed E-state index contributed by atoms with van der Waals surface area (Å²) in [5.41, 5.74) is 1.80. The van der Waals surface area contributed by atoms with Gasteiger partial charge < -0.3 is 0 Å². The lowest BCUT2D eigenvalue weighted by Crippen LogP contribution is -2.19. The molecule has 0 heterocycles. The highest BCUT2D eigenvalue weighted by Gasteiger charge is 2.15. The summed E-state index contributed by atoms with van der Waals surface area (Å²) in [5.74, 6) is 0. The molecular formula is C17H17N3O4S. The number of allylic oxidation sites excluding steroid dienone is 1. The number of nitro groups is 1. The second kappa shape index (κ2) is 7.71. The molecule has 0 spiro atoms. The van der Waals surface area contributed by atoms with Gasteiger partial charge in [-0.15, -0.1) is 0 Å². The van der Waals surface area contributed by atoms with Crippen molar-refractivity contribution >= 4 is 28.0 Å². The van der Waals surface area contributed by atoms with Crippen molar-refractivity contribution in [2.45, 2.75) is 18.7 Å². The van der Waals surface area contributed by atoms with Gasteiger partial charge >= 0.3 is 0 Å². The van der Waals surface area contributed by atoms with E-state index in [2.05, 4.69) is 9.93 Å². The smallest absolute Gasteiger partial charge is 0.258 e. The summed E-state index contributed by atoms with van der Waals surface area (Å²) < 4.78 is 24.5. The zero-order valence-corrected chi connectivity index (χ0v) is 14.5. The van der Waals surface area contributed by atoms with E-state index >= 15 is 0 Å². The average molecular weight is 359 g/mol. The molecule has 0 aliphatic heterocycles. The minimum Gasteiger partial charge on any atom is -0.258 e. The van der Waals surface area contributed by atoms with Crippen LogP contribution < -0.4 is 4.83 Å². The number of sulfonamides is 1. The van der Waals surface area contributed by atoms with Crippen molar-refractivity contribution < 1.29 is 13.3 Å². The third-order valence-electron chi connectivity index (χ3n) is 3.38. The summed E-state index contributed by atoms with van der Waals surface area (Å²) in [6.07, 6.45) is 4.13. The van der Waals surface area contributed by atoms with Crippen molar-refractivity contribution in [2.75, 3.05) is 0 Å². The predicted molar refractivity (Wildman–Crippen MR) is 96.9 cm³/mol. The second-order valence-corrected chi connectivity index (χ2v) is 6.95. The average Bonchev–Trinajstić information content (AvgIpc) is 2.56. The van der Waals surface area contributed by atoms with Gasteiger partial charge in [0.25, 0.3) is 15.7 Å².